The van der Waals surface area contributed by atoms with Crippen molar-refractivity contribution < 1.29 is 9.59 Å². The number of nitrogens with zero attached hydrogens (tertiary/aromatic N) is 4. The quantitative estimate of drug-likeness (QED) is 0.824. The summed E-state index contributed by atoms with van der Waals surface area (Å²) in [5.74, 6) is 0.107. The molecule has 1 aromatic carbocycles. The number of nitriles is 1. The Labute approximate surface area is 164 Å². The molecular weight excluding hydrogens is 352 g/mol. The summed E-state index contributed by atoms with van der Waals surface area (Å²) in [5.41, 5.74) is 1.31. The second-order valence-corrected chi connectivity index (χ2v) is 8.01. The number of pyridine rings is 1. The minimum Gasteiger partial charge on any atom is -0.341 e. The topological polar surface area (TPSA) is 77.3 Å². The van der Waals surface area contributed by atoms with Crippen LogP contribution < -0.4 is 0 Å². The number of aromatic nitrogens is 1. The van der Waals surface area contributed by atoms with E-state index in [4.69, 9.17) is 0 Å². The summed E-state index contributed by atoms with van der Waals surface area (Å²) in [5, 5.41) is 10.5. The van der Waals surface area contributed by atoms with Crippen LogP contribution in [0.2, 0.25) is 0 Å². The number of amides is 2. The molecule has 1 saturated carbocycles. The summed E-state index contributed by atoms with van der Waals surface area (Å²) < 4.78 is 0. The number of hydrogen-bond acceptors (Lipinski definition) is 4. The van der Waals surface area contributed by atoms with Gasteiger partial charge in [-0.25, -0.2) is 0 Å². The van der Waals surface area contributed by atoms with Gasteiger partial charge in [0.2, 0.25) is 11.8 Å². The van der Waals surface area contributed by atoms with Crippen LogP contribution in [0.3, 0.4) is 0 Å². The van der Waals surface area contributed by atoms with Crippen molar-refractivity contribution in [3.05, 3.63) is 42.1 Å². The van der Waals surface area contributed by atoms with Crippen LogP contribution in [0.4, 0.5) is 0 Å². The van der Waals surface area contributed by atoms with Gasteiger partial charge in [-0.3, -0.25) is 14.6 Å². The van der Waals surface area contributed by atoms with Gasteiger partial charge >= 0.3 is 0 Å². The Hall–Kier alpha value is -2.94. The summed E-state index contributed by atoms with van der Waals surface area (Å²) in [4.78, 5) is 32.9. The van der Waals surface area contributed by atoms with Crippen LogP contribution in [0.25, 0.3) is 10.9 Å². The van der Waals surface area contributed by atoms with Gasteiger partial charge in [-0.05, 0) is 48.9 Å². The number of rotatable bonds is 3. The molecule has 0 radical (unpaired) electrons. The van der Waals surface area contributed by atoms with Crippen molar-refractivity contribution in [2.75, 3.05) is 26.2 Å². The maximum absolute atomic E-state index is 12.9. The molecular formula is C22H24N4O2. The van der Waals surface area contributed by atoms with Crippen molar-refractivity contribution in [1.29, 1.82) is 5.26 Å². The smallest absolute Gasteiger partial charge is 0.243 e. The van der Waals surface area contributed by atoms with Crippen LogP contribution in [0, 0.1) is 22.7 Å². The Morgan fingerprint density at radius 1 is 1.21 bits per heavy atom. The van der Waals surface area contributed by atoms with Gasteiger partial charge in [0, 0.05) is 44.7 Å². The van der Waals surface area contributed by atoms with Gasteiger partial charge in [0.25, 0.3) is 0 Å². The van der Waals surface area contributed by atoms with E-state index in [0.717, 1.165) is 17.3 Å². The molecule has 0 spiro atoms. The lowest BCUT2D eigenvalue weighted by atomic mass is 9.96. The third-order valence-electron chi connectivity index (χ3n) is 5.89. The first-order chi connectivity index (χ1) is 13.5. The minimum absolute atomic E-state index is 0.0310. The molecule has 6 nitrogen and oxygen atoms in total. The first-order valence-corrected chi connectivity index (χ1v) is 9.80. The highest BCUT2D eigenvalue weighted by molar-refractivity contribution is 5.88. The van der Waals surface area contributed by atoms with E-state index in [9.17, 15) is 14.9 Å². The van der Waals surface area contributed by atoms with Crippen molar-refractivity contribution in [1.82, 2.24) is 14.8 Å². The van der Waals surface area contributed by atoms with Gasteiger partial charge in [-0.15, -0.1) is 0 Å². The van der Waals surface area contributed by atoms with Crippen LogP contribution in [-0.2, 0) is 16.0 Å². The fourth-order valence-electron chi connectivity index (χ4n) is 4.09. The zero-order valence-electron chi connectivity index (χ0n) is 16.1. The molecule has 1 aromatic heterocycles. The maximum Gasteiger partial charge on any atom is 0.243 e. The molecule has 144 valence electrons. The molecule has 1 aliphatic carbocycles. The van der Waals surface area contributed by atoms with E-state index < -0.39 is 5.41 Å². The average molecular weight is 376 g/mol. The van der Waals surface area contributed by atoms with Crippen LogP contribution in [0.1, 0.15) is 25.3 Å². The lowest BCUT2D eigenvalue weighted by Gasteiger charge is -2.26. The van der Waals surface area contributed by atoms with Crippen molar-refractivity contribution in [3.63, 3.8) is 0 Å². The number of fused-ring (bicyclic) bond motifs is 1. The summed E-state index contributed by atoms with van der Waals surface area (Å²) in [7, 11) is 0. The predicted octanol–water partition coefficient (Wildman–Crippen LogP) is 2.39. The van der Waals surface area contributed by atoms with Crippen molar-refractivity contribution in [2.45, 2.75) is 26.2 Å². The fraction of sp³-hybridized carbons (Fsp3) is 0.455. The molecule has 1 aliphatic heterocycles. The SMILES string of the molecule is CC(=O)N1CCN(C(=O)C2(C#N)CC2)CC(Cc2ccc3ncccc3c2)C1. The zero-order valence-corrected chi connectivity index (χ0v) is 16.1. The van der Waals surface area contributed by atoms with Crippen LogP contribution >= 0.6 is 0 Å². The van der Waals surface area contributed by atoms with Crippen molar-refractivity contribution in [2.24, 2.45) is 11.3 Å². The van der Waals surface area contributed by atoms with Gasteiger partial charge in [-0.1, -0.05) is 12.1 Å². The number of carbonyl (C=O) groups is 2. The third-order valence-corrected chi connectivity index (χ3v) is 5.89. The highest BCUT2D eigenvalue weighted by Crippen LogP contribution is 2.46. The molecule has 2 heterocycles. The molecule has 2 aliphatic rings. The molecule has 2 amide bonds. The Balaban J connectivity index is 1.56. The van der Waals surface area contributed by atoms with E-state index in [2.05, 4.69) is 23.2 Å². The molecule has 6 heteroatoms. The molecule has 2 fully saturated rings. The first-order valence-electron chi connectivity index (χ1n) is 9.80. The third kappa shape index (κ3) is 3.57. The predicted molar refractivity (Wildman–Crippen MR) is 105 cm³/mol. The summed E-state index contributed by atoms with van der Waals surface area (Å²) in [6.45, 7) is 3.81. The van der Waals surface area contributed by atoms with Gasteiger partial charge in [0.1, 0.15) is 5.41 Å². The van der Waals surface area contributed by atoms with E-state index in [0.29, 0.717) is 39.0 Å². The molecule has 28 heavy (non-hydrogen) atoms. The van der Waals surface area contributed by atoms with Crippen LogP contribution in [-0.4, -0.2) is 52.8 Å². The van der Waals surface area contributed by atoms with E-state index in [1.807, 2.05) is 28.0 Å². The Morgan fingerprint density at radius 3 is 2.68 bits per heavy atom. The largest absolute Gasteiger partial charge is 0.341 e. The number of benzene rings is 1. The first kappa shape index (κ1) is 18.4. The molecule has 0 N–H and O–H groups in total. The Kier molecular flexibility index (Phi) is 4.76. The van der Waals surface area contributed by atoms with Crippen LogP contribution in [0.15, 0.2) is 36.5 Å². The van der Waals surface area contributed by atoms with Crippen molar-refractivity contribution >= 4 is 22.7 Å². The Morgan fingerprint density at radius 2 is 1.96 bits per heavy atom. The van der Waals surface area contributed by atoms with Gasteiger partial charge < -0.3 is 9.80 Å². The van der Waals surface area contributed by atoms with E-state index >= 15 is 0 Å². The van der Waals surface area contributed by atoms with E-state index in [1.165, 1.54) is 5.56 Å². The van der Waals surface area contributed by atoms with E-state index in [1.54, 1.807) is 13.1 Å². The van der Waals surface area contributed by atoms with E-state index in [-0.39, 0.29) is 17.7 Å². The summed E-state index contributed by atoms with van der Waals surface area (Å²) in [6.07, 6.45) is 3.86. The normalized spacial score (nSPS) is 21.1. The maximum atomic E-state index is 12.9. The minimum atomic E-state index is -0.815. The molecule has 2 aromatic rings. The standard InChI is InChI=1S/C22H24N4O2/c1-16(27)25-9-10-26(21(28)22(15-23)6-7-22)14-18(13-25)11-17-4-5-20-19(12-17)3-2-8-24-20/h2-5,8,12,18H,6-7,9-11,13-14H2,1H3. The van der Waals surface area contributed by atoms with Gasteiger partial charge in [-0.2, -0.15) is 5.26 Å². The highest BCUT2D eigenvalue weighted by Gasteiger charge is 2.53. The monoisotopic (exact) mass is 376 g/mol. The highest BCUT2D eigenvalue weighted by atomic mass is 16.2. The van der Waals surface area contributed by atoms with Crippen molar-refractivity contribution in [3.8, 4) is 6.07 Å². The van der Waals surface area contributed by atoms with Crippen LogP contribution in [0.5, 0.6) is 0 Å². The lowest BCUT2D eigenvalue weighted by Crippen LogP contribution is -2.41. The molecule has 1 atom stereocenters. The second-order valence-electron chi connectivity index (χ2n) is 8.01. The summed E-state index contributed by atoms with van der Waals surface area (Å²) >= 11 is 0. The number of carbonyl (C=O) groups excluding carboxylic acids is 2. The molecule has 1 saturated heterocycles. The van der Waals surface area contributed by atoms with Gasteiger partial charge in [0.05, 0.1) is 11.6 Å². The lowest BCUT2D eigenvalue weighted by molar-refractivity contribution is -0.135. The fourth-order valence-corrected chi connectivity index (χ4v) is 4.09. The summed E-state index contributed by atoms with van der Waals surface area (Å²) in [6, 6.07) is 12.4. The number of hydrogen-bond donors (Lipinski definition) is 0. The zero-order chi connectivity index (χ0) is 19.7. The molecule has 0 bridgehead atoms. The molecule has 4 rings (SSSR count). The second kappa shape index (κ2) is 7.23. The van der Waals surface area contributed by atoms with Gasteiger partial charge in [0.15, 0.2) is 0 Å². The average Bonchev–Trinajstić information content (AvgIpc) is 3.51. The Bertz CT molecular complexity index is 960. The molecule has 1 unspecified atom stereocenters.